The zero-order valence-corrected chi connectivity index (χ0v) is 10.9. The zero-order chi connectivity index (χ0) is 11.4. The quantitative estimate of drug-likeness (QED) is 0.746. The number of thiocarbonyl (C=S) groups is 1. The SMILES string of the molecule is CC1CCCN(C(=S)NCC2CCCO2)C1. The molecule has 0 aromatic heterocycles. The first-order valence-corrected chi connectivity index (χ1v) is 6.81. The molecule has 2 aliphatic heterocycles. The lowest BCUT2D eigenvalue weighted by Crippen LogP contribution is -2.46. The Bertz CT molecular complexity index is 241. The molecule has 2 rings (SSSR count). The Hall–Kier alpha value is -0.350. The Balaban J connectivity index is 1.70. The third-order valence-corrected chi connectivity index (χ3v) is 3.85. The van der Waals surface area contributed by atoms with E-state index in [2.05, 4.69) is 17.1 Å². The van der Waals surface area contributed by atoms with Gasteiger partial charge in [0.1, 0.15) is 0 Å². The Morgan fingerprint density at radius 1 is 1.44 bits per heavy atom. The van der Waals surface area contributed by atoms with Gasteiger partial charge in [0.05, 0.1) is 6.10 Å². The highest BCUT2D eigenvalue weighted by Gasteiger charge is 2.20. The van der Waals surface area contributed by atoms with Crippen molar-refractivity contribution < 1.29 is 4.74 Å². The first-order valence-electron chi connectivity index (χ1n) is 6.40. The smallest absolute Gasteiger partial charge is 0.169 e. The Morgan fingerprint density at radius 3 is 3.00 bits per heavy atom. The van der Waals surface area contributed by atoms with Crippen LogP contribution in [0.2, 0.25) is 0 Å². The molecule has 2 aliphatic rings. The van der Waals surface area contributed by atoms with E-state index in [1.807, 2.05) is 0 Å². The van der Waals surface area contributed by atoms with Gasteiger partial charge < -0.3 is 15.0 Å². The molecule has 1 N–H and O–H groups in total. The van der Waals surface area contributed by atoms with Gasteiger partial charge in [0.25, 0.3) is 0 Å². The second kappa shape index (κ2) is 5.82. The van der Waals surface area contributed by atoms with Crippen LogP contribution in [0.25, 0.3) is 0 Å². The number of nitrogens with one attached hydrogen (secondary N) is 1. The maximum absolute atomic E-state index is 5.57. The van der Waals surface area contributed by atoms with Crippen LogP contribution in [0.5, 0.6) is 0 Å². The van der Waals surface area contributed by atoms with Gasteiger partial charge in [-0.25, -0.2) is 0 Å². The maximum atomic E-state index is 5.57. The number of ether oxygens (including phenoxy) is 1. The van der Waals surface area contributed by atoms with Crippen molar-refractivity contribution in [2.75, 3.05) is 26.2 Å². The summed E-state index contributed by atoms with van der Waals surface area (Å²) in [5.41, 5.74) is 0. The number of rotatable bonds is 2. The number of hydrogen-bond donors (Lipinski definition) is 1. The van der Waals surface area contributed by atoms with Gasteiger partial charge >= 0.3 is 0 Å². The molecule has 2 fully saturated rings. The molecule has 16 heavy (non-hydrogen) atoms. The van der Waals surface area contributed by atoms with Crippen LogP contribution >= 0.6 is 12.2 Å². The van der Waals surface area contributed by atoms with Crippen LogP contribution in [0.4, 0.5) is 0 Å². The second-order valence-corrected chi connectivity index (χ2v) is 5.40. The van der Waals surface area contributed by atoms with Crippen molar-refractivity contribution in [3.63, 3.8) is 0 Å². The van der Waals surface area contributed by atoms with Gasteiger partial charge in [-0.05, 0) is 43.8 Å². The predicted octanol–water partition coefficient (Wildman–Crippen LogP) is 1.77. The minimum atomic E-state index is 0.375. The van der Waals surface area contributed by atoms with Crippen molar-refractivity contribution >= 4 is 17.3 Å². The van der Waals surface area contributed by atoms with Gasteiger partial charge in [0.2, 0.25) is 0 Å². The first-order chi connectivity index (χ1) is 7.75. The van der Waals surface area contributed by atoms with E-state index >= 15 is 0 Å². The van der Waals surface area contributed by atoms with Crippen LogP contribution < -0.4 is 5.32 Å². The topological polar surface area (TPSA) is 24.5 Å². The summed E-state index contributed by atoms with van der Waals surface area (Å²) in [6.45, 7) is 6.32. The van der Waals surface area contributed by atoms with E-state index in [1.165, 1.54) is 25.7 Å². The van der Waals surface area contributed by atoms with Crippen LogP contribution in [0.3, 0.4) is 0 Å². The van der Waals surface area contributed by atoms with Crippen molar-refractivity contribution in [1.82, 2.24) is 10.2 Å². The van der Waals surface area contributed by atoms with E-state index in [0.29, 0.717) is 6.10 Å². The van der Waals surface area contributed by atoms with Crippen LogP contribution in [-0.2, 0) is 4.74 Å². The highest BCUT2D eigenvalue weighted by atomic mass is 32.1. The Morgan fingerprint density at radius 2 is 2.31 bits per heavy atom. The molecule has 2 saturated heterocycles. The molecule has 92 valence electrons. The van der Waals surface area contributed by atoms with Gasteiger partial charge in [-0.15, -0.1) is 0 Å². The lowest BCUT2D eigenvalue weighted by molar-refractivity contribution is 0.113. The highest BCUT2D eigenvalue weighted by molar-refractivity contribution is 7.80. The molecule has 0 aliphatic carbocycles. The number of piperidine rings is 1. The number of likely N-dealkylation sites (tertiary alicyclic amines) is 1. The Kier molecular flexibility index (Phi) is 4.41. The van der Waals surface area contributed by atoms with E-state index in [4.69, 9.17) is 17.0 Å². The summed E-state index contributed by atoms with van der Waals surface area (Å²) in [6.07, 6.45) is 5.35. The summed E-state index contributed by atoms with van der Waals surface area (Å²) in [4.78, 5) is 2.30. The van der Waals surface area contributed by atoms with E-state index < -0.39 is 0 Å². The van der Waals surface area contributed by atoms with Crippen LogP contribution in [-0.4, -0.2) is 42.4 Å². The molecule has 0 aromatic carbocycles. The predicted molar refractivity (Wildman–Crippen MR) is 69.5 cm³/mol. The van der Waals surface area contributed by atoms with Gasteiger partial charge in [-0.1, -0.05) is 6.92 Å². The summed E-state index contributed by atoms with van der Waals surface area (Å²) >= 11 is 5.42. The molecular weight excluding hydrogens is 220 g/mol. The highest BCUT2D eigenvalue weighted by Crippen LogP contribution is 2.16. The zero-order valence-electron chi connectivity index (χ0n) is 10.1. The molecular formula is C12H22N2OS. The van der Waals surface area contributed by atoms with Crippen LogP contribution in [0.1, 0.15) is 32.6 Å². The van der Waals surface area contributed by atoms with Gasteiger partial charge in [0, 0.05) is 26.2 Å². The van der Waals surface area contributed by atoms with Crippen molar-refractivity contribution in [3.05, 3.63) is 0 Å². The van der Waals surface area contributed by atoms with Gasteiger partial charge in [-0.2, -0.15) is 0 Å². The van der Waals surface area contributed by atoms with Crippen molar-refractivity contribution in [1.29, 1.82) is 0 Å². The average Bonchev–Trinajstić information content (AvgIpc) is 2.78. The molecule has 4 heteroatoms. The van der Waals surface area contributed by atoms with E-state index in [9.17, 15) is 0 Å². The monoisotopic (exact) mass is 242 g/mol. The van der Waals surface area contributed by atoms with Gasteiger partial charge in [-0.3, -0.25) is 0 Å². The standard InChI is InChI=1S/C12H22N2OS/c1-10-4-2-6-14(9-10)12(16)13-8-11-5-3-7-15-11/h10-11H,2-9H2,1H3,(H,13,16). The summed E-state index contributed by atoms with van der Waals surface area (Å²) in [6, 6.07) is 0. The minimum Gasteiger partial charge on any atom is -0.376 e. The van der Waals surface area contributed by atoms with E-state index in [0.717, 1.165) is 37.3 Å². The fourth-order valence-corrected chi connectivity index (χ4v) is 2.74. The first kappa shape index (κ1) is 12.1. The molecule has 0 spiro atoms. The average molecular weight is 242 g/mol. The summed E-state index contributed by atoms with van der Waals surface area (Å²) < 4.78 is 5.57. The molecule has 0 radical (unpaired) electrons. The van der Waals surface area contributed by atoms with E-state index in [-0.39, 0.29) is 0 Å². The maximum Gasteiger partial charge on any atom is 0.169 e. The second-order valence-electron chi connectivity index (χ2n) is 5.01. The minimum absolute atomic E-state index is 0.375. The van der Waals surface area contributed by atoms with Crippen molar-refractivity contribution in [2.45, 2.75) is 38.7 Å². The third kappa shape index (κ3) is 3.32. The molecule has 0 amide bonds. The summed E-state index contributed by atoms with van der Waals surface area (Å²) in [5.74, 6) is 0.774. The fraction of sp³-hybridized carbons (Fsp3) is 0.917. The van der Waals surface area contributed by atoms with Crippen molar-refractivity contribution in [2.24, 2.45) is 5.92 Å². The molecule has 0 bridgehead atoms. The lowest BCUT2D eigenvalue weighted by Gasteiger charge is -2.33. The lowest BCUT2D eigenvalue weighted by atomic mass is 10.0. The number of hydrogen-bond acceptors (Lipinski definition) is 2. The number of nitrogens with zero attached hydrogens (tertiary/aromatic N) is 1. The molecule has 0 aromatic rings. The fourth-order valence-electron chi connectivity index (χ4n) is 2.49. The summed E-state index contributed by atoms with van der Waals surface area (Å²) in [7, 11) is 0. The molecule has 2 atom stereocenters. The third-order valence-electron chi connectivity index (χ3n) is 3.45. The summed E-state index contributed by atoms with van der Waals surface area (Å²) in [5, 5.41) is 4.27. The molecule has 2 heterocycles. The van der Waals surface area contributed by atoms with Gasteiger partial charge in [0.15, 0.2) is 5.11 Å². The molecule has 2 unspecified atom stereocenters. The normalized spacial score (nSPS) is 30.4. The van der Waals surface area contributed by atoms with Crippen LogP contribution in [0.15, 0.2) is 0 Å². The molecule has 3 nitrogen and oxygen atoms in total. The largest absolute Gasteiger partial charge is 0.376 e. The van der Waals surface area contributed by atoms with Crippen LogP contribution in [0, 0.1) is 5.92 Å². The van der Waals surface area contributed by atoms with E-state index in [1.54, 1.807) is 0 Å². The Labute approximate surface area is 104 Å². The molecule has 0 saturated carbocycles. The van der Waals surface area contributed by atoms with Crippen molar-refractivity contribution in [3.8, 4) is 0 Å².